The number of aromatic amines is 2. The summed E-state index contributed by atoms with van der Waals surface area (Å²) in [6.45, 7) is 0. The van der Waals surface area contributed by atoms with E-state index in [0.29, 0.717) is 5.02 Å². The number of halogens is 1. The van der Waals surface area contributed by atoms with E-state index in [-0.39, 0.29) is 21.3 Å². The molecule has 9 nitrogen and oxygen atoms in total. The van der Waals surface area contributed by atoms with E-state index in [4.69, 9.17) is 11.6 Å². The van der Waals surface area contributed by atoms with Crippen molar-refractivity contribution in [2.24, 2.45) is 0 Å². The number of benzene rings is 1. The summed E-state index contributed by atoms with van der Waals surface area (Å²) < 4.78 is 25.4. The van der Waals surface area contributed by atoms with E-state index in [9.17, 15) is 18.3 Å². The van der Waals surface area contributed by atoms with Gasteiger partial charge in [-0.1, -0.05) is 11.6 Å². The molecule has 0 fully saturated rings. The normalized spacial score (nSPS) is 12.3. The summed E-state index contributed by atoms with van der Waals surface area (Å²) in [6.07, 6.45) is 3.04. The van der Waals surface area contributed by atoms with Crippen molar-refractivity contribution in [1.29, 1.82) is 0 Å². The fourth-order valence-corrected chi connectivity index (χ4v) is 3.47. The van der Waals surface area contributed by atoms with Gasteiger partial charge in [-0.05, 0) is 24.3 Å². The third kappa shape index (κ3) is 3.30. The Balaban J connectivity index is 1.99. The largest absolute Gasteiger partial charge is 0.504 e. The van der Waals surface area contributed by atoms with Crippen LogP contribution in [0.25, 0.3) is 5.76 Å². The molecule has 0 spiro atoms. The van der Waals surface area contributed by atoms with Crippen LogP contribution in [0.3, 0.4) is 0 Å². The molecule has 3 aromatic rings. The number of nitrogens with one attached hydrogen (secondary N) is 2. The number of hydrogen-bond acceptors (Lipinski definition) is 7. The summed E-state index contributed by atoms with van der Waals surface area (Å²) in [5, 5.41) is 22.1. The summed E-state index contributed by atoms with van der Waals surface area (Å²) in [4.78, 5) is 15.6. The second-order valence-electron chi connectivity index (χ2n) is 4.78. The first-order chi connectivity index (χ1) is 11.9. The highest BCUT2D eigenvalue weighted by molar-refractivity contribution is 7.91. The van der Waals surface area contributed by atoms with Gasteiger partial charge in [-0.25, -0.2) is 13.4 Å². The highest BCUT2D eigenvalue weighted by Gasteiger charge is 2.26. The molecule has 2 aromatic heterocycles. The average Bonchev–Trinajstić information content (AvgIpc) is 3.27. The van der Waals surface area contributed by atoms with Gasteiger partial charge in [0, 0.05) is 11.1 Å². The number of aliphatic hydroxyl groups is 1. The van der Waals surface area contributed by atoms with E-state index in [1.54, 1.807) is 0 Å². The number of aromatic nitrogens is 5. The fraction of sp³-hybridized carbons (Fsp3) is 0. The monoisotopic (exact) mass is 379 g/mol. The lowest BCUT2D eigenvalue weighted by Gasteiger charge is -2.04. The van der Waals surface area contributed by atoms with Crippen molar-refractivity contribution in [3.05, 3.63) is 59.4 Å². The number of sulfone groups is 1. The molecule has 0 amide bonds. The molecule has 0 aliphatic heterocycles. The number of ketones is 1. The quantitative estimate of drug-likeness (QED) is 0.348. The number of hydrogen-bond donors (Lipinski definition) is 3. The van der Waals surface area contributed by atoms with Crippen LogP contribution in [-0.2, 0) is 9.84 Å². The number of allylic oxidation sites excluding steroid dienone is 1. The van der Waals surface area contributed by atoms with Crippen molar-refractivity contribution in [1.82, 2.24) is 25.4 Å². The Morgan fingerprint density at radius 1 is 1.24 bits per heavy atom. The van der Waals surface area contributed by atoms with Crippen LogP contribution >= 0.6 is 11.6 Å². The first-order valence-electron chi connectivity index (χ1n) is 6.75. The molecule has 0 aliphatic carbocycles. The second kappa shape index (κ2) is 6.49. The Kier molecular flexibility index (Phi) is 4.38. The lowest BCUT2D eigenvalue weighted by atomic mass is 10.2. The van der Waals surface area contributed by atoms with Crippen LogP contribution in [0.1, 0.15) is 16.3 Å². The number of carbonyl (C=O) groups is 1. The van der Waals surface area contributed by atoms with E-state index >= 15 is 0 Å². The Labute approximate surface area is 146 Å². The van der Waals surface area contributed by atoms with Gasteiger partial charge in [-0.3, -0.25) is 15.0 Å². The number of aliphatic hydroxyl groups excluding tert-OH is 1. The SMILES string of the molecule is O=C(C=C(O)c1nc[nH]n1)c1[nH]ncc1S(=O)(=O)c1ccc(Cl)cc1. The number of carbonyl (C=O) groups excluding carboxylic acids is 1. The number of H-pyrrole nitrogens is 2. The summed E-state index contributed by atoms with van der Waals surface area (Å²) in [5.41, 5.74) is -0.294. The third-order valence-corrected chi connectivity index (χ3v) is 5.21. The van der Waals surface area contributed by atoms with Crippen molar-refractivity contribution in [3.63, 3.8) is 0 Å². The van der Waals surface area contributed by atoms with Gasteiger partial charge in [0.1, 0.15) is 16.9 Å². The summed E-state index contributed by atoms with van der Waals surface area (Å²) in [6, 6.07) is 5.48. The molecule has 3 N–H and O–H groups in total. The maximum atomic E-state index is 12.7. The fourth-order valence-electron chi connectivity index (χ4n) is 1.99. The molecule has 0 bridgehead atoms. The molecule has 128 valence electrons. The van der Waals surface area contributed by atoms with Crippen LogP contribution in [0.5, 0.6) is 0 Å². The smallest absolute Gasteiger partial charge is 0.215 e. The van der Waals surface area contributed by atoms with Gasteiger partial charge in [0.15, 0.2) is 5.76 Å². The van der Waals surface area contributed by atoms with Gasteiger partial charge >= 0.3 is 0 Å². The molecular formula is C14H10ClN5O4S. The molecule has 0 atom stereocenters. The lowest BCUT2D eigenvalue weighted by Crippen LogP contribution is -2.08. The zero-order chi connectivity index (χ0) is 18.0. The predicted molar refractivity (Wildman–Crippen MR) is 86.8 cm³/mol. The zero-order valence-electron chi connectivity index (χ0n) is 12.3. The van der Waals surface area contributed by atoms with Crippen LogP contribution in [0.15, 0.2) is 52.7 Å². The molecule has 0 radical (unpaired) electrons. The minimum atomic E-state index is -4.00. The maximum Gasteiger partial charge on any atom is 0.215 e. The predicted octanol–water partition coefficient (Wildman–Crippen LogP) is 1.80. The van der Waals surface area contributed by atoms with E-state index in [0.717, 1.165) is 12.3 Å². The van der Waals surface area contributed by atoms with Crippen molar-refractivity contribution >= 4 is 33.0 Å². The van der Waals surface area contributed by atoms with E-state index < -0.39 is 21.4 Å². The van der Waals surface area contributed by atoms with Gasteiger partial charge < -0.3 is 5.11 Å². The summed E-state index contributed by atoms with van der Waals surface area (Å²) >= 11 is 5.76. The highest BCUT2D eigenvalue weighted by atomic mass is 35.5. The van der Waals surface area contributed by atoms with Crippen molar-refractivity contribution in [2.75, 3.05) is 0 Å². The zero-order valence-corrected chi connectivity index (χ0v) is 13.9. The van der Waals surface area contributed by atoms with E-state index in [1.165, 1.54) is 30.6 Å². The molecule has 2 heterocycles. The number of rotatable bonds is 5. The Morgan fingerprint density at radius 2 is 1.96 bits per heavy atom. The third-order valence-electron chi connectivity index (χ3n) is 3.18. The first kappa shape index (κ1) is 16.9. The first-order valence-corrected chi connectivity index (χ1v) is 8.61. The van der Waals surface area contributed by atoms with Gasteiger partial charge in [-0.2, -0.15) is 10.2 Å². The summed E-state index contributed by atoms with van der Waals surface area (Å²) in [7, 11) is -4.00. The Morgan fingerprint density at radius 3 is 2.60 bits per heavy atom. The Hall–Kier alpha value is -2.98. The lowest BCUT2D eigenvalue weighted by molar-refractivity contribution is 0.103. The van der Waals surface area contributed by atoms with Gasteiger partial charge in [0.2, 0.25) is 21.4 Å². The van der Waals surface area contributed by atoms with E-state index in [1.807, 2.05) is 0 Å². The molecule has 0 saturated heterocycles. The van der Waals surface area contributed by atoms with E-state index in [2.05, 4.69) is 25.4 Å². The minimum Gasteiger partial charge on any atom is -0.504 e. The average molecular weight is 380 g/mol. The number of nitrogens with zero attached hydrogens (tertiary/aromatic N) is 3. The van der Waals surface area contributed by atoms with Gasteiger partial charge in [-0.15, -0.1) is 0 Å². The molecule has 0 aliphatic rings. The molecule has 0 saturated carbocycles. The molecular weight excluding hydrogens is 370 g/mol. The van der Waals surface area contributed by atoms with Crippen LogP contribution in [0.4, 0.5) is 0 Å². The maximum absolute atomic E-state index is 12.7. The van der Waals surface area contributed by atoms with Crippen molar-refractivity contribution in [2.45, 2.75) is 9.79 Å². The van der Waals surface area contributed by atoms with Crippen LogP contribution in [-0.4, -0.2) is 44.7 Å². The van der Waals surface area contributed by atoms with Crippen LogP contribution in [0, 0.1) is 0 Å². The molecule has 0 unspecified atom stereocenters. The van der Waals surface area contributed by atoms with Gasteiger partial charge in [0.25, 0.3) is 0 Å². The highest BCUT2D eigenvalue weighted by Crippen LogP contribution is 2.25. The standard InChI is InChI=1S/C14H10ClN5O4S/c15-8-1-3-9(4-2-8)25(23,24)12-6-17-19-13(12)10(21)5-11(22)14-16-7-18-20-14/h1-7,22H,(H,17,19)(H,16,18,20). The van der Waals surface area contributed by atoms with Gasteiger partial charge in [0.05, 0.1) is 11.1 Å². The molecule has 25 heavy (non-hydrogen) atoms. The topological polar surface area (TPSA) is 142 Å². The molecule has 3 rings (SSSR count). The summed E-state index contributed by atoms with van der Waals surface area (Å²) in [5.74, 6) is -1.42. The molecule has 11 heteroatoms. The minimum absolute atomic E-state index is 0.0467. The van der Waals surface area contributed by atoms with Crippen LogP contribution in [0.2, 0.25) is 5.02 Å². The van der Waals surface area contributed by atoms with Crippen molar-refractivity contribution in [3.8, 4) is 0 Å². The Bertz CT molecular complexity index is 1040. The van der Waals surface area contributed by atoms with Crippen LogP contribution < -0.4 is 0 Å². The molecule has 1 aromatic carbocycles. The van der Waals surface area contributed by atoms with Crippen molar-refractivity contribution < 1.29 is 18.3 Å². The second-order valence-corrected chi connectivity index (χ2v) is 7.14.